The van der Waals surface area contributed by atoms with Crippen molar-refractivity contribution in [2.24, 2.45) is 0 Å². The van der Waals surface area contributed by atoms with Gasteiger partial charge in [0.25, 0.3) is 0 Å². The fourth-order valence-electron chi connectivity index (χ4n) is 2.96. The Morgan fingerprint density at radius 3 is 2.36 bits per heavy atom. The zero-order valence-electron chi connectivity index (χ0n) is 16.1. The van der Waals surface area contributed by atoms with Crippen LogP contribution in [0.2, 0.25) is 0 Å². The van der Waals surface area contributed by atoms with Crippen LogP contribution in [0.5, 0.6) is 17.2 Å². The van der Waals surface area contributed by atoms with Gasteiger partial charge in [-0.3, -0.25) is 0 Å². The SMILES string of the molecule is COc1cc(-c2nnc(CSc3nnc(C)n3C3CC3)o2)cc(OC)c1OC. The van der Waals surface area contributed by atoms with Crippen molar-refractivity contribution < 1.29 is 18.6 Å². The Labute approximate surface area is 166 Å². The van der Waals surface area contributed by atoms with E-state index in [9.17, 15) is 0 Å². The third-order valence-corrected chi connectivity index (χ3v) is 5.38. The quantitative estimate of drug-likeness (QED) is 0.525. The number of methoxy groups -OCH3 is 3. The van der Waals surface area contributed by atoms with Crippen molar-refractivity contribution in [2.45, 2.75) is 36.7 Å². The Bertz CT molecular complexity index is 957. The second-order valence-corrected chi connectivity index (χ2v) is 7.28. The molecule has 3 aromatic rings. The predicted octanol–water partition coefficient (Wildman–Crippen LogP) is 3.29. The third kappa shape index (κ3) is 3.51. The lowest BCUT2D eigenvalue weighted by Crippen LogP contribution is -1.99. The van der Waals surface area contributed by atoms with E-state index < -0.39 is 0 Å². The largest absolute Gasteiger partial charge is 0.493 e. The summed E-state index contributed by atoms with van der Waals surface area (Å²) in [6.07, 6.45) is 2.36. The molecule has 1 aromatic carbocycles. The first-order valence-electron chi connectivity index (χ1n) is 8.81. The number of aryl methyl sites for hydroxylation is 1. The average Bonchev–Trinajstić information content (AvgIpc) is 3.31. The van der Waals surface area contributed by atoms with Gasteiger partial charge in [0, 0.05) is 11.6 Å². The number of benzene rings is 1. The highest BCUT2D eigenvalue weighted by molar-refractivity contribution is 7.98. The van der Waals surface area contributed by atoms with Gasteiger partial charge in [-0.1, -0.05) is 11.8 Å². The molecule has 0 atom stereocenters. The summed E-state index contributed by atoms with van der Waals surface area (Å²) in [4.78, 5) is 0. The molecule has 0 N–H and O–H groups in total. The molecule has 10 heteroatoms. The van der Waals surface area contributed by atoms with Gasteiger partial charge >= 0.3 is 0 Å². The molecule has 9 nitrogen and oxygen atoms in total. The minimum absolute atomic E-state index is 0.384. The summed E-state index contributed by atoms with van der Waals surface area (Å²) in [6.45, 7) is 1.98. The van der Waals surface area contributed by atoms with E-state index in [0.717, 1.165) is 11.0 Å². The van der Waals surface area contributed by atoms with Crippen LogP contribution >= 0.6 is 11.8 Å². The predicted molar refractivity (Wildman–Crippen MR) is 102 cm³/mol. The number of ether oxygens (including phenoxy) is 3. The molecular weight excluding hydrogens is 382 g/mol. The number of aromatic nitrogens is 5. The molecule has 1 aliphatic rings. The number of rotatable bonds is 8. The fraction of sp³-hybridized carbons (Fsp3) is 0.444. The number of hydrogen-bond acceptors (Lipinski definition) is 9. The first-order valence-corrected chi connectivity index (χ1v) is 9.80. The maximum Gasteiger partial charge on any atom is 0.248 e. The first-order chi connectivity index (χ1) is 13.6. The molecular formula is C18H21N5O4S. The van der Waals surface area contributed by atoms with Crippen molar-refractivity contribution in [3.05, 3.63) is 23.8 Å². The average molecular weight is 403 g/mol. The van der Waals surface area contributed by atoms with Crippen LogP contribution < -0.4 is 14.2 Å². The van der Waals surface area contributed by atoms with Crippen molar-refractivity contribution in [3.63, 3.8) is 0 Å². The maximum absolute atomic E-state index is 5.83. The molecule has 1 aliphatic carbocycles. The second kappa shape index (κ2) is 7.70. The first kappa shape index (κ1) is 18.6. The minimum Gasteiger partial charge on any atom is -0.493 e. The smallest absolute Gasteiger partial charge is 0.248 e. The molecule has 2 aromatic heterocycles. The highest BCUT2D eigenvalue weighted by atomic mass is 32.2. The van der Waals surface area contributed by atoms with Crippen molar-refractivity contribution in [3.8, 4) is 28.7 Å². The van der Waals surface area contributed by atoms with E-state index in [2.05, 4.69) is 25.0 Å². The summed E-state index contributed by atoms with van der Waals surface area (Å²) < 4.78 is 24.1. The van der Waals surface area contributed by atoms with E-state index in [1.54, 1.807) is 45.2 Å². The topological polar surface area (TPSA) is 97.3 Å². The van der Waals surface area contributed by atoms with Crippen LogP contribution in [0.1, 0.15) is 30.6 Å². The van der Waals surface area contributed by atoms with Crippen LogP contribution in [0.25, 0.3) is 11.5 Å². The molecule has 0 aliphatic heterocycles. The fourth-order valence-corrected chi connectivity index (χ4v) is 3.85. The highest BCUT2D eigenvalue weighted by Crippen LogP contribution is 2.41. The Morgan fingerprint density at radius 2 is 1.75 bits per heavy atom. The van der Waals surface area contributed by atoms with Gasteiger partial charge < -0.3 is 23.2 Å². The molecule has 1 saturated carbocycles. The van der Waals surface area contributed by atoms with Gasteiger partial charge in [0.15, 0.2) is 16.7 Å². The van der Waals surface area contributed by atoms with Crippen LogP contribution in [0.15, 0.2) is 21.7 Å². The van der Waals surface area contributed by atoms with Crippen LogP contribution in [-0.4, -0.2) is 46.3 Å². The van der Waals surface area contributed by atoms with Gasteiger partial charge in [-0.2, -0.15) is 0 Å². The van der Waals surface area contributed by atoms with E-state index >= 15 is 0 Å². The Kier molecular flexibility index (Phi) is 5.12. The lowest BCUT2D eigenvalue weighted by Gasteiger charge is -2.12. The van der Waals surface area contributed by atoms with Crippen LogP contribution in [0.3, 0.4) is 0 Å². The molecule has 0 spiro atoms. The van der Waals surface area contributed by atoms with Crippen molar-refractivity contribution >= 4 is 11.8 Å². The Morgan fingerprint density at radius 1 is 1.04 bits per heavy atom. The summed E-state index contributed by atoms with van der Waals surface area (Å²) in [5, 5.41) is 17.6. The molecule has 0 amide bonds. The zero-order chi connectivity index (χ0) is 19.7. The lowest BCUT2D eigenvalue weighted by molar-refractivity contribution is 0.324. The van der Waals surface area contributed by atoms with E-state index in [1.807, 2.05) is 6.92 Å². The maximum atomic E-state index is 5.83. The van der Waals surface area contributed by atoms with Gasteiger partial charge in [-0.05, 0) is 31.9 Å². The summed E-state index contributed by atoms with van der Waals surface area (Å²) in [6, 6.07) is 4.08. The molecule has 28 heavy (non-hydrogen) atoms. The summed E-state index contributed by atoms with van der Waals surface area (Å²) in [5.41, 5.74) is 0.690. The summed E-state index contributed by atoms with van der Waals surface area (Å²) in [7, 11) is 4.69. The number of hydrogen-bond donors (Lipinski definition) is 0. The van der Waals surface area contributed by atoms with E-state index in [0.29, 0.717) is 46.4 Å². The van der Waals surface area contributed by atoms with Gasteiger partial charge in [0.1, 0.15) is 5.82 Å². The third-order valence-electron chi connectivity index (χ3n) is 4.45. The lowest BCUT2D eigenvalue weighted by atomic mass is 10.2. The van der Waals surface area contributed by atoms with Crippen molar-refractivity contribution in [1.29, 1.82) is 0 Å². The monoisotopic (exact) mass is 403 g/mol. The summed E-state index contributed by atoms with van der Waals surface area (Å²) >= 11 is 1.54. The van der Waals surface area contributed by atoms with E-state index in [1.165, 1.54) is 12.8 Å². The number of nitrogens with zero attached hydrogens (tertiary/aromatic N) is 5. The molecule has 0 unspecified atom stereocenters. The van der Waals surface area contributed by atoms with Crippen LogP contribution in [0, 0.1) is 6.92 Å². The summed E-state index contributed by atoms with van der Waals surface area (Å²) in [5.74, 6) is 3.92. The Balaban J connectivity index is 1.53. The Hall–Kier alpha value is -2.75. The number of thioether (sulfide) groups is 1. The molecule has 0 bridgehead atoms. The normalized spacial score (nSPS) is 13.6. The van der Waals surface area contributed by atoms with Gasteiger partial charge in [0.05, 0.1) is 27.1 Å². The van der Waals surface area contributed by atoms with Crippen molar-refractivity contribution in [1.82, 2.24) is 25.0 Å². The van der Waals surface area contributed by atoms with E-state index in [-0.39, 0.29) is 0 Å². The molecule has 4 rings (SSSR count). The standard InChI is InChI=1S/C18H21N5O4S/c1-10-19-22-18(23(10)12-5-6-12)28-9-15-20-21-17(27-15)11-7-13(24-2)16(26-4)14(8-11)25-3/h7-8,12H,5-6,9H2,1-4H3. The molecule has 0 saturated heterocycles. The van der Waals surface area contributed by atoms with Crippen LogP contribution in [-0.2, 0) is 5.75 Å². The highest BCUT2D eigenvalue weighted by Gasteiger charge is 2.28. The van der Waals surface area contributed by atoms with Crippen LogP contribution in [0.4, 0.5) is 0 Å². The van der Waals surface area contributed by atoms with Gasteiger partial charge in [-0.25, -0.2) is 0 Å². The second-order valence-electron chi connectivity index (χ2n) is 6.33. The molecule has 0 radical (unpaired) electrons. The van der Waals surface area contributed by atoms with Crippen molar-refractivity contribution in [2.75, 3.05) is 21.3 Å². The van der Waals surface area contributed by atoms with Gasteiger partial charge in [-0.15, -0.1) is 20.4 Å². The molecule has 1 fully saturated rings. The molecule has 148 valence electrons. The zero-order valence-corrected chi connectivity index (χ0v) is 16.9. The van der Waals surface area contributed by atoms with Gasteiger partial charge in [0.2, 0.25) is 17.5 Å². The molecule has 2 heterocycles. The minimum atomic E-state index is 0.384. The van der Waals surface area contributed by atoms with E-state index in [4.69, 9.17) is 18.6 Å².